The zero-order valence-corrected chi connectivity index (χ0v) is 19.1. The first kappa shape index (κ1) is 21.8. The summed E-state index contributed by atoms with van der Waals surface area (Å²) < 4.78 is 16.1. The summed E-state index contributed by atoms with van der Waals surface area (Å²) in [6, 6.07) is 6.17. The highest BCUT2D eigenvalue weighted by Gasteiger charge is 2.27. The molecular weight excluding hydrogens is 433 g/mol. The zero-order valence-electron chi connectivity index (χ0n) is 17.5. The molecule has 0 saturated carbocycles. The first-order chi connectivity index (χ1) is 14.9. The lowest BCUT2D eigenvalue weighted by atomic mass is 9.89. The van der Waals surface area contributed by atoms with Crippen LogP contribution in [0.3, 0.4) is 0 Å². The van der Waals surface area contributed by atoms with Gasteiger partial charge < -0.3 is 5.32 Å². The molecule has 0 spiro atoms. The molecule has 0 fully saturated rings. The molecule has 1 amide bonds. The Bertz CT molecular complexity index is 1220. The van der Waals surface area contributed by atoms with Gasteiger partial charge in [0.1, 0.15) is 10.6 Å². The fourth-order valence-corrected chi connectivity index (χ4v) is 6.19. The van der Waals surface area contributed by atoms with E-state index in [1.165, 1.54) is 15.5 Å². The minimum atomic E-state index is -0.517. The average Bonchev–Trinajstić information content (AvgIpc) is 3.10. The van der Waals surface area contributed by atoms with Crippen LogP contribution >= 0.6 is 23.1 Å². The normalized spacial score (nSPS) is 16.7. The molecule has 5 nitrogen and oxygen atoms in total. The summed E-state index contributed by atoms with van der Waals surface area (Å²) in [6.07, 6.45) is 4.39. The summed E-state index contributed by atoms with van der Waals surface area (Å²) in [4.78, 5) is 32.7. The third-order valence-electron chi connectivity index (χ3n) is 5.46. The molecule has 1 aliphatic rings. The maximum absolute atomic E-state index is 14.7. The molecule has 31 heavy (non-hydrogen) atoms. The molecule has 0 aliphatic heterocycles. The van der Waals surface area contributed by atoms with Crippen LogP contribution in [0, 0.1) is 11.7 Å². The van der Waals surface area contributed by atoms with Gasteiger partial charge in [-0.2, -0.15) is 0 Å². The van der Waals surface area contributed by atoms with Gasteiger partial charge in [-0.25, -0.2) is 9.37 Å². The molecule has 4 rings (SSSR count). The van der Waals surface area contributed by atoms with Crippen molar-refractivity contribution in [2.24, 2.45) is 5.92 Å². The van der Waals surface area contributed by atoms with E-state index in [1.807, 2.05) is 0 Å². The maximum Gasteiger partial charge on any atom is 0.267 e. The number of halogens is 1. The second-order valence-corrected chi connectivity index (χ2v) is 10.2. The summed E-state index contributed by atoms with van der Waals surface area (Å²) in [7, 11) is 0. The van der Waals surface area contributed by atoms with E-state index in [4.69, 9.17) is 4.98 Å². The minimum absolute atomic E-state index is 0.146. The number of nitrogens with zero attached hydrogens (tertiary/aromatic N) is 2. The van der Waals surface area contributed by atoms with E-state index in [-0.39, 0.29) is 17.2 Å². The van der Waals surface area contributed by atoms with E-state index in [1.54, 1.807) is 42.5 Å². The van der Waals surface area contributed by atoms with E-state index in [0.717, 1.165) is 36.6 Å². The number of para-hydroxylation sites is 1. The van der Waals surface area contributed by atoms with Crippen LogP contribution in [0.2, 0.25) is 0 Å². The molecule has 8 heteroatoms. The highest BCUT2D eigenvalue weighted by molar-refractivity contribution is 8.00. The number of aromatic nitrogens is 2. The van der Waals surface area contributed by atoms with Crippen molar-refractivity contribution in [3.8, 4) is 5.69 Å². The van der Waals surface area contributed by atoms with Crippen molar-refractivity contribution in [2.45, 2.75) is 43.5 Å². The van der Waals surface area contributed by atoms with Gasteiger partial charge >= 0.3 is 0 Å². The molecule has 3 aromatic rings. The van der Waals surface area contributed by atoms with Crippen LogP contribution in [0.15, 0.2) is 46.9 Å². The lowest BCUT2D eigenvalue weighted by Crippen LogP contribution is -2.32. The number of rotatable bonds is 6. The highest BCUT2D eigenvalue weighted by Crippen LogP contribution is 2.37. The number of amides is 1. The standard InChI is InChI=1S/C23H24FN3O2S2/c1-4-11-25-20(28)14(3)30-23-26-21-19(15-10-9-13(2)12-18(15)31-21)22(29)27(23)17-8-6-5-7-16(17)24/h4-8,13-14H,1,9-12H2,2-3H3,(H,25,28). The quantitative estimate of drug-likeness (QED) is 0.336. The number of hydrogen-bond acceptors (Lipinski definition) is 5. The Labute approximate surface area is 188 Å². The van der Waals surface area contributed by atoms with E-state index in [2.05, 4.69) is 18.8 Å². The van der Waals surface area contributed by atoms with E-state index in [9.17, 15) is 14.0 Å². The molecule has 1 aromatic carbocycles. The van der Waals surface area contributed by atoms with Crippen LogP contribution in [0.4, 0.5) is 4.39 Å². The Morgan fingerprint density at radius 2 is 2.26 bits per heavy atom. The number of thiophene rings is 1. The van der Waals surface area contributed by atoms with Gasteiger partial charge in [0.15, 0.2) is 5.16 Å². The topological polar surface area (TPSA) is 64.0 Å². The molecule has 2 heterocycles. The van der Waals surface area contributed by atoms with E-state index < -0.39 is 11.1 Å². The number of benzene rings is 1. The van der Waals surface area contributed by atoms with Crippen molar-refractivity contribution < 1.29 is 9.18 Å². The Kier molecular flexibility index (Phi) is 6.29. The fraction of sp³-hybridized carbons (Fsp3) is 0.348. The molecule has 2 unspecified atom stereocenters. The van der Waals surface area contributed by atoms with Crippen molar-refractivity contribution in [1.82, 2.24) is 14.9 Å². The SMILES string of the molecule is C=CCNC(=O)C(C)Sc1nc2sc3c(c2c(=O)n1-c1ccccc1F)CCC(C)C3. The fourth-order valence-electron chi connectivity index (χ4n) is 3.82. The smallest absolute Gasteiger partial charge is 0.267 e. The molecule has 0 radical (unpaired) electrons. The van der Waals surface area contributed by atoms with Crippen LogP contribution in [0.5, 0.6) is 0 Å². The largest absolute Gasteiger partial charge is 0.352 e. The minimum Gasteiger partial charge on any atom is -0.352 e. The molecule has 1 aliphatic carbocycles. The summed E-state index contributed by atoms with van der Waals surface area (Å²) in [5.74, 6) is -0.135. The van der Waals surface area contributed by atoms with E-state index >= 15 is 0 Å². The first-order valence-corrected chi connectivity index (χ1v) is 12.0. The van der Waals surface area contributed by atoms with Gasteiger partial charge in [-0.15, -0.1) is 17.9 Å². The van der Waals surface area contributed by atoms with Crippen LogP contribution < -0.4 is 10.9 Å². The lowest BCUT2D eigenvalue weighted by molar-refractivity contribution is -0.120. The number of carbonyl (C=O) groups is 1. The van der Waals surface area contributed by atoms with Crippen molar-refractivity contribution in [2.75, 3.05) is 6.54 Å². The molecule has 2 atom stereocenters. The third-order valence-corrected chi connectivity index (χ3v) is 7.66. The molecule has 2 aromatic heterocycles. The van der Waals surface area contributed by atoms with Crippen molar-refractivity contribution in [3.05, 3.63) is 63.5 Å². The van der Waals surface area contributed by atoms with Gasteiger partial charge in [-0.1, -0.05) is 36.9 Å². The number of thioether (sulfide) groups is 1. The monoisotopic (exact) mass is 457 g/mol. The Morgan fingerprint density at radius 1 is 1.48 bits per heavy atom. The third kappa shape index (κ3) is 4.19. The number of aryl methyl sites for hydroxylation is 1. The number of carbonyl (C=O) groups excluding carboxylic acids is 1. The number of hydrogen-bond donors (Lipinski definition) is 1. The first-order valence-electron chi connectivity index (χ1n) is 10.3. The predicted octanol–water partition coefficient (Wildman–Crippen LogP) is 4.49. The summed E-state index contributed by atoms with van der Waals surface area (Å²) in [6.45, 7) is 7.91. The van der Waals surface area contributed by atoms with Gasteiger partial charge in [0.25, 0.3) is 5.56 Å². The van der Waals surface area contributed by atoms with Gasteiger partial charge in [0.05, 0.1) is 16.3 Å². The van der Waals surface area contributed by atoms with Gasteiger partial charge in [-0.3, -0.25) is 14.2 Å². The van der Waals surface area contributed by atoms with Crippen molar-refractivity contribution in [3.63, 3.8) is 0 Å². The molecule has 162 valence electrons. The van der Waals surface area contributed by atoms with Gasteiger partial charge in [0.2, 0.25) is 5.91 Å². The summed E-state index contributed by atoms with van der Waals surface area (Å²) in [5, 5.41) is 3.14. The average molecular weight is 458 g/mol. The van der Waals surface area contributed by atoms with Crippen molar-refractivity contribution in [1.29, 1.82) is 0 Å². The maximum atomic E-state index is 14.7. The second kappa shape index (κ2) is 8.96. The van der Waals surface area contributed by atoms with Crippen LogP contribution in [0.25, 0.3) is 15.9 Å². The van der Waals surface area contributed by atoms with Crippen molar-refractivity contribution >= 4 is 39.2 Å². The number of fused-ring (bicyclic) bond motifs is 3. The molecule has 0 saturated heterocycles. The predicted molar refractivity (Wildman–Crippen MR) is 125 cm³/mol. The van der Waals surface area contributed by atoms with Gasteiger partial charge in [0, 0.05) is 11.4 Å². The highest BCUT2D eigenvalue weighted by atomic mass is 32.2. The zero-order chi connectivity index (χ0) is 22.1. The molecular formula is C23H24FN3O2S2. The van der Waals surface area contributed by atoms with Gasteiger partial charge in [-0.05, 0) is 49.8 Å². The van der Waals surface area contributed by atoms with Crippen LogP contribution in [-0.4, -0.2) is 27.3 Å². The molecule has 1 N–H and O–H groups in total. The Balaban J connectivity index is 1.88. The Hall–Kier alpha value is -2.45. The van der Waals surface area contributed by atoms with Crippen LogP contribution in [-0.2, 0) is 17.6 Å². The van der Waals surface area contributed by atoms with E-state index in [0.29, 0.717) is 27.8 Å². The molecule has 0 bridgehead atoms. The lowest BCUT2D eigenvalue weighted by Gasteiger charge is -2.18. The number of nitrogens with one attached hydrogen (secondary N) is 1. The Morgan fingerprint density at radius 3 is 3.00 bits per heavy atom. The second-order valence-electron chi connectivity index (χ2n) is 7.81. The summed E-state index contributed by atoms with van der Waals surface area (Å²) >= 11 is 2.70. The summed E-state index contributed by atoms with van der Waals surface area (Å²) in [5.41, 5.74) is 0.921. The van der Waals surface area contributed by atoms with Crippen LogP contribution in [0.1, 0.15) is 30.7 Å².